The van der Waals surface area contributed by atoms with E-state index < -0.39 is 0 Å². The highest BCUT2D eigenvalue weighted by atomic mass is 16.2. The van der Waals surface area contributed by atoms with Crippen LogP contribution in [0.4, 0.5) is 0 Å². The van der Waals surface area contributed by atoms with Gasteiger partial charge in [-0.1, -0.05) is 6.92 Å². The Bertz CT molecular complexity index is 788. The lowest BCUT2D eigenvalue weighted by atomic mass is 10.0. The summed E-state index contributed by atoms with van der Waals surface area (Å²) in [6.45, 7) is 6.33. The van der Waals surface area contributed by atoms with Crippen LogP contribution in [0.5, 0.6) is 0 Å². The van der Waals surface area contributed by atoms with Crippen LogP contribution in [0.2, 0.25) is 0 Å². The summed E-state index contributed by atoms with van der Waals surface area (Å²) in [4.78, 5) is 27.1. The second-order valence-electron chi connectivity index (χ2n) is 6.49. The number of carbonyl (C=O) groups is 1. The van der Waals surface area contributed by atoms with E-state index in [4.69, 9.17) is 0 Å². The fourth-order valence-electron chi connectivity index (χ4n) is 2.81. The molecule has 1 aromatic carbocycles. The van der Waals surface area contributed by atoms with Crippen LogP contribution in [-0.4, -0.2) is 10.9 Å². The molecule has 1 amide bonds. The van der Waals surface area contributed by atoms with Gasteiger partial charge in [-0.25, -0.2) is 0 Å². The maximum absolute atomic E-state index is 12.2. The minimum absolute atomic E-state index is 0.0436. The zero-order chi connectivity index (χ0) is 15.9. The number of H-pyrrole nitrogens is 1. The van der Waals surface area contributed by atoms with E-state index in [9.17, 15) is 9.59 Å². The van der Waals surface area contributed by atoms with Crippen LogP contribution in [0.3, 0.4) is 0 Å². The number of benzene rings is 1. The topological polar surface area (TPSA) is 62.0 Å². The maximum atomic E-state index is 12.2. The number of hydrogen-bond acceptors (Lipinski definition) is 2. The van der Waals surface area contributed by atoms with Gasteiger partial charge in [-0.05, 0) is 67.3 Å². The molecule has 2 N–H and O–H groups in total. The molecule has 0 bridgehead atoms. The van der Waals surface area contributed by atoms with E-state index in [0.717, 1.165) is 29.3 Å². The quantitative estimate of drug-likeness (QED) is 0.911. The molecule has 1 unspecified atom stereocenters. The number of fused-ring (bicyclic) bond motifs is 1. The first-order valence-electron chi connectivity index (χ1n) is 7.86. The van der Waals surface area contributed by atoms with Crippen molar-refractivity contribution in [1.82, 2.24) is 10.3 Å². The third-order valence-electron chi connectivity index (χ3n) is 4.73. The molecule has 1 saturated carbocycles. The zero-order valence-electron chi connectivity index (χ0n) is 13.3. The van der Waals surface area contributed by atoms with Crippen molar-refractivity contribution >= 4 is 16.8 Å². The Balaban J connectivity index is 1.81. The molecule has 4 heteroatoms. The van der Waals surface area contributed by atoms with Crippen LogP contribution in [0.15, 0.2) is 23.0 Å². The van der Waals surface area contributed by atoms with E-state index >= 15 is 0 Å². The molecule has 0 aliphatic heterocycles. The van der Waals surface area contributed by atoms with E-state index in [2.05, 4.69) is 23.3 Å². The van der Waals surface area contributed by atoms with Gasteiger partial charge >= 0.3 is 0 Å². The predicted octanol–water partition coefficient (Wildman–Crippen LogP) is 2.81. The zero-order valence-corrected chi connectivity index (χ0v) is 13.3. The summed E-state index contributed by atoms with van der Waals surface area (Å²) < 4.78 is 0. The average Bonchev–Trinajstić information content (AvgIpc) is 3.30. The Kier molecular flexibility index (Phi) is 3.77. The molecule has 0 saturated heterocycles. The van der Waals surface area contributed by atoms with Crippen molar-refractivity contribution in [3.05, 3.63) is 45.2 Å². The molecule has 1 heterocycles. The number of nitrogens with one attached hydrogen (secondary N) is 2. The molecule has 3 rings (SSSR count). The highest BCUT2D eigenvalue weighted by molar-refractivity contribution is 5.81. The minimum atomic E-state index is -0.130. The van der Waals surface area contributed by atoms with Gasteiger partial charge in [0.1, 0.15) is 0 Å². The molecule has 0 spiro atoms. The van der Waals surface area contributed by atoms with E-state index in [1.165, 1.54) is 5.56 Å². The molecule has 1 fully saturated rings. The van der Waals surface area contributed by atoms with E-state index in [-0.39, 0.29) is 23.9 Å². The summed E-state index contributed by atoms with van der Waals surface area (Å²) >= 11 is 0. The Morgan fingerprint density at radius 1 is 1.27 bits per heavy atom. The smallest absolute Gasteiger partial charge is 0.253 e. The van der Waals surface area contributed by atoms with Crippen molar-refractivity contribution in [2.75, 3.05) is 0 Å². The van der Waals surface area contributed by atoms with Crippen LogP contribution in [0, 0.1) is 25.7 Å². The van der Waals surface area contributed by atoms with Crippen molar-refractivity contribution in [2.45, 2.75) is 40.2 Å². The van der Waals surface area contributed by atoms with Gasteiger partial charge in [0.05, 0.1) is 0 Å². The molecule has 2 aromatic rings. The van der Waals surface area contributed by atoms with Crippen LogP contribution >= 0.6 is 0 Å². The summed E-state index contributed by atoms with van der Waals surface area (Å²) in [5.41, 5.74) is 3.66. The fourth-order valence-corrected chi connectivity index (χ4v) is 2.81. The van der Waals surface area contributed by atoms with Crippen molar-refractivity contribution in [1.29, 1.82) is 0 Å². The molecular formula is C18H22N2O2. The first-order valence-corrected chi connectivity index (χ1v) is 7.86. The van der Waals surface area contributed by atoms with Crippen molar-refractivity contribution in [3.8, 4) is 0 Å². The van der Waals surface area contributed by atoms with Gasteiger partial charge in [-0.2, -0.15) is 0 Å². The maximum Gasteiger partial charge on any atom is 0.253 e. The van der Waals surface area contributed by atoms with Crippen LogP contribution < -0.4 is 10.9 Å². The second kappa shape index (κ2) is 5.59. The van der Waals surface area contributed by atoms with Gasteiger partial charge in [-0.15, -0.1) is 0 Å². The lowest BCUT2D eigenvalue weighted by Gasteiger charge is -2.11. The van der Waals surface area contributed by atoms with Crippen LogP contribution in [-0.2, 0) is 11.3 Å². The molecule has 0 radical (unpaired) electrons. The first-order chi connectivity index (χ1) is 10.5. The molecule has 1 atom stereocenters. The average molecular weight is 298 g/mol. The molecule has 1 aliphatic carbocycles. The number of hydrogen-bond donors (Lipinski definition) is 2. The Morgan fingerprint density at radius 3 is 2.64 bits per heavy atom. The lowest BCUT2D eigenvalue weighted by molar-refractivity contribution is -0.125. The molecule has 1 aliphatic rings. The van der Waals surface area contributed by atoms with Gasteiger partial charge in [0.15, 0.2) is 0 Å². The highest BCUT2D eigenvalue weighted by Gasteiger charge is 2.32. The van der Waals surface area contributed by atoms with Crippen LogP contribution in [0.1, 0.15) is 36.5 Å². The number of aromatic nitrogens is 1. The summed E-state index contributed by atoms with van der Waals surface area (Å²) in [6, 6.07) is 5.94. The number of amides is 1. The summed E-state index contributed by atoms with van der Waals surface area (Å²) in [6.07, 6.45) is 2.29. The van der Waals surface area contributed by atoms with Crippen molar-refractivity contribution < 1.29 is 4.79 Å². The molecule has 22 heavy (non-hydrogen) atoms. The van der Waals surface area contributed by atoms with Gasteiger partial charge in [0, 0.05) is 23.5 Å². The molecular weight excluding hydrogens is 276 g/mol. The largest absolute Gasteiger partial charge is 0.352 e. The second-order valence-corrected chi connectivity index (χ2v) is 6.49. The van der Waals surface area contributed by atoms with Crippen LogP contribution in [0.25, 0.3) is 10.9 Å². The van der Waals surface area contributed by atoms with Gasteiger partial charge < -0.3 is 10.3 Å². The third-order valence-corrected chi connectivity index (χ3v) is 4.73. The van der Waals surface area contributed by atoms with Crippen molar-refractivity contribution in [2.24, 2.45) is 11.8 Å². The van der Waals surface area contributed by atoms with Gasteiger partial charge in [0.25, 0.3) is 5.56 Å². The van der Waals surface area contributed by atoms with E-state index in [1.54, 1.807) is 0 Å². The number of pyridine rings is 1. The predicted molar refractivity (Wildman–Crippen MR) is 87.8 cm³/mol. The van der Waals surface area contributed by atoms with Gasteiger partial charge in [0.2, 0.25) is 5.91 Å². The summed E-state index contributed by atoms with van der Waals surface area (Å²) in [7, 11) is 0. The Labute approximate surface area is 129 Å². The summed E-state index contributed by atoms with van der Waals surface area (Å²) in [5, 5.41) is 3.89. The normalized spacial score (nSPS) is 15.8. The molecule has 4 nitrogen and oxygen atoms in total. The lowest BCUT2D eigenvalue weighted by Crippen LogP contribution is -2.31. The monoisotopic (exact) mass is 298 g/mol. The number of carbonyl (C=O) groups excluding carboxylic acids is 1. The first kappa shape index (κ1) is 14.8. The number of aryl methyl sites for hydroxylation is 2. The van der Waals surface area contributed by atoms with E-state index in [1.807, 2.05) is 26.0 Å². The Hall–Kier alpha value is -2.10. The number of rotatable bonds is 4. The molecule has 1 aromatic heterocycles. The fraction of sp³-hybridized carbons (Fsp3) is 0.444. The highest BCUT2D eigenvalue weighted by Crippen LogP contribution is 2.36. The molecule has 116 valence electrons. The minimum Gasteiger partial charge on any atom is -0.352 e. The van der Waals surface area contributed by atoms with Gasteiger partial charge in [-0.3, -0.25) is 9.59 Å². The summed E-state index contributed by atoms with van der Waals surface area (Å²) in [5.74, 6) is 0.618. The third kappa shape index (κ3) is 2.91. The number of aromatic amines is 1. The Morgan fingerprint density at radius 2 is 1.95 bits per heavy atom. The van der Waals surface area contributed by atoms with Crippen molar-refractivity contribution in [3.63, 3.8) is 0 Å². The van der Waals surface area contributed by atoms with E-state index in [0.29, 0.717) is 11.5 Å². The standard InChI is InChI=1S/C18H22N2O2/c1-10-6-14-8-15(18(22)20-16(14)7-11(10)2)9-19-17(21)12(3)13-4-5-13/h6-8,12-13H,4-5,9H2,1-3H3,(H,19,21)(H,20,22). The SMILES string of the molecule is Cc1cc2cc(CNC(=O)C(C)C3CC3)c(=O)[nH]c2cc1C.